The normalized spacial score (nSPS) is 9.73. The van der Waals surface area contributed by atoms with Crippen LogP contribution in [0.5, 0.6) is 11.5 Å². The molecule has 1 aromatic rings. The van der Waals surface area contributed by atoms with Crippen LogP contribution in [-0.2, 0) is 0 Å². The molecule has 0 aliphatic rings. The lowest BCUT2D eigenvalue weighted by Gasteiger charge is -2.05. The van der Waals surface area contributed by atoms with Crippen molar-refractivity contribution in [1.29, 1.82) is 0 Å². The average Bonchev–Trinajstić information content (AvgIpc) is 1.97. The highest BCUT2D eigenvalue weighted by Crippen LogP contribution is 2.29. The Morgan fingerprint density at radius 3 is 2.64 bits per heavy atom. The van der Waals surface area contributed by atoms with Crippen LogP contribution >= 0.6 is 12.6 Å². The van der Waals surface area contributed by atoms with Crippen LogP contribution in [-0.4, -0.2) is 12.2 Å². The van der Waals surface area contributed by atoms with Crippen LogP contribution in [0.3, 0.4) is 0 Å². The number of phenolic OH excluding ortho intramolecular Hbond substituents is 1. The van der Waals surface area contributed by atoms with Gasteiger partial charge in [-0.2, -0.15) is 0 Å². The van der Waals surface area contributed by atoms with Gasteiger partial charge in [0.25, 0.3) is 0 Å². The van der Waals surface area contributed by atoms with Crippen LogP contribution in [0, 0.1) is 6.92 Å². The Bertz CT molecular complexity index is 271. The largest absolute Gasteiger partial charge is 0.508 e. The van der Waals surface area contributed by atoms with Crippen LogP contribution < -0.4 is 4.74 Å². The molecule has 0 heterocycles. The number of rotatable bonds is 1. The first-order valence-corrected chi connectivity index (χ1v) is 3.66. The maximum Gasteiger partial charge on any atom is 0.135 e. The Morgan fingerprint density at radius 2 is 2.09 bits per heavy atom. The second-order valence-electron chi connectivity index (χ2n) is 2.31. The zero-order valence-electron chi connectivity index (χ0n) is 6.46. The molecule has 0 aliphatic carbocycles. The van der Waals surface area contributed by atoms with E-state index in [4.69, 9.17) is 4.74 Å². The quantitative estimate of drug-likeness (QED) is 0.631. The first kappa shape index (κ1) is 8.27. The van der Waals surface area contributed by atoms with E-state index in [1.807, 2.05) is 6.92 Å². The standard InChI is InChI=1S/C8H10O2S/c1-5-3-8(11)7(10-2)4-6(5)9/h3-4,9,11H,1-2H3. The van der Waals surface area contributed by atoms with Crippen molar-refractivity contribution < 1.29 is 9.84 Å². The summed E-state index contributed by atoms with van der Waals surface area (Å²) in [4.78, 5) is 0.739. The van der Waals surface area contributed by atoms with Gasteiger partial charge in [-0.1, -0.05) is 0 Å². The summed E-state index contributed by atoms with van der Waals surface area (Å²) in [6, 6.07) is 3.31. The number of ether oxygens (including phenoxy) is 1. The topological polar surface area (TPSA) is 29.5 Å². The number of thiol groups is 1. The number of phenols is 1. The number of methoxy groups -OCH3 is 1. The van der Waals surface area contributed by atoms with Gasteiger partial charge in [0.05, 0.1) is 7.11 Å². The zero-order chi connectivity index (χ0) is 8.43. The van der Waals surface area contributed by atoms with E-state index in [0.29, 0.717) is 5.75 Å². The first-order valence-electron chi connectivity index (χ1n) is 3.21. The van der Waals surface area contributed by atoms with Gasteiger partial charge in [-0.3, -0.25) is 0 Å². The number of hydrogen-bond acceptors (Lipinski definition) is 3. The molecule has 0 fully saturated rings. The molecule has 0 aliphatic heterocycles. The van der Waals surface area contributed by atoms with E-state index >= 15 is 0 Å². The fraction of sp³-hybridized carbons (Fsp3) is 0.250. The van der Waals surface area contributed by atoms with Gasteiger partial charge in [-0.25, -0.2) is 0 Å². The summed E-state index contributed by atoms with van der Waals surface area (Å²) in [7, 11) is 1.55. The fourth-order valence-electron chi connectivity index (χ4n) is 0.826. The minimum absolute atomic E-state index is 0.236. The second kappa shape index (κ2) is 3.05. The predicted molar refractivity (Wildman–Crippen MR) is 46.6 cm³/mol. The monoisotopic (exact) mass is 170 g/mol. The van der Waals surface area contributed by atoms with E-state index < -0.39 is 0 Å². The third kappa shape index (κ3) is 1.60. The van der Waals surface area contributed by atoms with Crippen LogP contribution in [0.4, 0.5) is 0 Å². The average molecular weight is 170 g/mol. The molecule has 0 radical (unpaired) electrons. The second-order valence-corrected chi connectivity index (χ2v) is 2.79. The number of hydrogen-bond donors (Lipinski definition) is 2. The Hall–Kier alpha value is -0.830. The Labute approximate surface area is 71.2 Å². The third-order valence-corrected chi connectivity index (χ3v) is 1.85. The maximum absolute atomic E-state index is 9.24. The Kier molecular flexibility index (Phi) is 2.29. The minimum atomic E-state index is 0.236. The number of benzene rings is 1. The molecule has 1 N–H and O–H groups in total. The summed E-state index contributed by atoms with van der Waals surface area (Å²) in [6.45, 7) is 1.81. The lowest BCUT2D eigenvalue weighted by molar-refractivity contribution is 0.397. The zero-order valence-corrected chi connectivity index (χ0v) is 7.35. The molecule has 0 saturated heterocycles. The van der Waals surface area contributed by atoms with Gasteiger partial charge in [0, 0.05) is 11.0 Å². The number of aryl methyl sites for hydroxylation is 1. The summed E-state index contributed by atoms with van der Waals surface area (Å²) >= 11 is 4.16. The molecule has 0 saturated carbocycles. The van der Waals surface area contributed by atoms with Crippen molar-refractivity contribution in [3.05, 3.63) is 17.7 Å². The van der Waals surface area contributed by atoms with Gasteiger partial charge in [0.2, 0.25) is 0 Å². The summed E-state index contributed by atoms with van der Waals surface area (Å²) in [6.07, 6.45) is 0. The molecule has 2 nitrogen and oxygen atoms in total. The van der Waals surface area contributed by atoms with Crippen LogP contribution in [0.15, 0.2) is 17.0 Å². The highest BCUT2D eigenvalue weighted by atomic mass is 32.1. The molecule has 1 rings (SSSR count). The minimum Gasteiger partial charge on any atom is -0.508 e. The van der Waals surface area contributed by atoms with E-state index in [2.05, 4.69) is 12.6 Å². The Morgan fingerprint density at radius 1 is 1.45 bits per heavy atom. The smallest absolute Gasteiger partial charge is 0.135 e. The van der Waals surface area contributed by atoms with Gasteiger partial charge >= 0.3 is 0 Å². The van der Waals surface area contributed by atoms with Crippen molar-refractivity contribution in [2.45, 2.75) is 11.8 Å². The van der Waals surface area contributed by atoms with Crippen molar-refractivity contribution in [3.8, 4) is 11.5 Å². The first-order chi connectivity index (χ1) is 5.15. The molecule has 1 aromatic carbocycles. The van der Waals surface area contributed by atoms with E-state index in [-0.39, 0.29) is 5.75 Å². The van der Waals surface area contributed by atoms with E-state index in [1.165, 1.54) is 0 Å². The van der Waals surface area contributed by atoms with Gasteiger partial charge in [0.15, 0.2) is 0 Å². The maximum atomic E-state index is 9.24. The van der Waals surface area contributed by atoms with Gasteiger partial charge in [-0.15, -0.1) is 12.6 Å². The molecule has 3 heteroatoms. The van der Waals surface area contributed by atoms with Crippen molar-refractivity contribution in [1.82, 2.24) is 0 Å². The van der Waals surface area contributed by atoms with Gasteiger partial charge in [0.1, 0.15) is 11.5 Å². The fourth-order valence-corrected chi connectivity index (χ4v) is 1.18. The highest BCUT2D eigenvalue weighted by Gasteiger charge is 2.02. The molecule has 0 amide bonds. The molecule has 0 unspecified atom stereocenters. The predicted octanol–water partition coefficient (Wildman–Crippen LogP) is 2.00. The molecule has 0 bridgehead atoms. The molecular formula is C8H10O2S. The van der Waals surface area contributed by atoms with Crippen molar-refractivity contribution in [2.75, 3.05) is 7.11 Å². The molecule has 0 atom stereocenters. The third-order valence-electron chi connectivity index (χ3n) is 1.50. The van der Waals surface area contributed by atoms with Crippen molar-refractivity contribution in [2.24, 2.45) is 0 Å². The van der Waals surface area contributed by atoms with Crippen LogP contribution in [0.2, 0.25) is 0 Å². The Balaban J connectivity index is 3.21. The van der Waals surface area contributed by atoms with Crippen molar-refractivity contribution >= 4 is 12.6 Å². The van der Waals surface area contributed by atoms with Gasteiger partial charge in [-0.05, 0) is 18.6 Å². The van der Waals surface area contributed by atoms with Gasteiger partial charge < -0.3 is 9.84 Å². The lowest BCUT2D eigenvalue weighted by atomic mass is 10.2. The lowest BCUT2D eigenvalue weighted by Crippen LogP contribution is -1.85. The summed E-state index contributed by atoms with van der Waals surface area (Å²) < 4.78 is 4.94. The number of aromatic hydroxyl groups is 1. The SMILES string of the molecule is COc1cc(O)c(C)cc1S. The van der Waals surface area contributed by atoms with Crippen LogP contribution in [0.25, 0.3) is 0 Å². The van der Waals surface area contributed by atoms with E-state index in [1.54, 1.807) is 19.2 Å². The highest BCUT2D eigenvalue weighted by molar-refractivity contribution is 7.80. The molecule has 60 valence electrons. The van der Waals surface area contributed by atoms with E-state index in [0.717, 1.165) is 10.5 Å². The summed E-state index contributed by atoms with van der Waals surface area (Å²) in [5.41, 5.74) is 0.802. The molecule has 0 aromatic heterocycles. The summed E-state index contributed by atoms with van der Waals surface area (Å²) in [5.74, 6) is 0.830. The van der Waals surface area contributed by atoms with Crippen LogP contribution in [0.1, 0.15) is 5.56 Å². The van der Waals surface area contributed by atoms with E-state index in [9.17, 15) is 5.11 Å². The molecule has 11 heavy (non-hydrogen) atoms. The molecular weight excluding hydrogens is 160 g/mol. The molecule has 0 spiro atoms. The van der Waals surface area contributed by atoms with Crippen molar-refractivity contribution in [3.63, 3.8) is 0 Å². The summed E-state index contributed by atoms with van der Waals surface area (Å²) in [5, 5.41) is 9.24.